The molecule has 2 nitrogen and oxygen atoms in total. The minimum Gasteiger partial charge on any atom is -0.392 e. The van der Waals surface area contributed by atoms with Gasteiger partial charge in [-0.2, -0.15) is 0 Å². The Morgan fingerprint density at radius 3 is 2.53 bits per heavy atom. The quantitative estimate of drug-likeness (QED) is 0.690. The molecule has 98 valence electrons. The SMILES string of the molecule is CC1CCC(O)[C@]2(C)CCC(C(C)(C)O)C=C12. The summed E-state index contributed by atoms with van der Waals surface area (Å²) in [5.74, 6) is 0.784. The smallest absolute Gasteiger partial charge is 0.0654 e. The summed E-state index contributed by atoms with van der Waals surface area (Å²) >= 11 is 0. The zero-order valence-corrected chi connectivity index (χ0v) is 11.5. The minimum absolute atomic E-state index is 0.0422. The molecule has 2 rings (SSSR count). The van der Waals surface area contributed by atoms with Crippen molar-refractivity contribution in [3.63, 3.8) is 0 Å². The average molecular weight is 238 g/mol. The van der Waals surface area contributed by atoms with Crippen LogP contribution in [0, 0.1) is 17.3 Å². The van der Waals surface area contributed by atoms with E-state index in [1.54, 1.807) is 0 Å². The molecule has 1 saturated carbocycles. The summed E-state index contributed by atoms with van der Waals surface area (Å²) in [7, 11) is 0. The van der Waals surface area contributed by atoms with Gasteiger partial charge < -0.3 is 10.2 Å². The van der Waals surface area contributed by atoms with Crippen LogP contribution in [0.1, 0.15) is 53.4 Å². The molecular formula is C15H26O2. The maximum Gasteiger partial charge on any atom is 0.0654 e. The first kappa shape index (κ1) is 13.1. The van der Waals surface area contributed by atoms with Gasteiger partial charge in [0.1, 0.15) is 0 Å². The molecule has 0 spiro atoms. The largest absolute Gasteiger partial charge is 0.392 e. The van der Waals surface area contributed by atoms with Gasteiger partial charge >= 0.3 is 0 Å². The fraction of sp³-hybridized carbons (Fsp3) is 0.867. The highest BCUT2D eigenvalue weighted by molar-refractivity contribution is 5.26. The summed E-state index contributed by atoms with van der Waals surface area (Å²) in [5.41, 5.74) is 0.699. The van der Waals surface area contributed by atoms with E-state index >= 15 is 0 Å². The Kier molecular flexibility index (Phi) is 3.16. The summed E-state index contributed by atoms with van der Waals surface area (Å²) in [4.78, 5) is 0. The maximum atomic E-state index is 10.3. The fourth-order valence-corrected chi connectivity index (χ4v) is 3.62. The molecule has 2 heteroatoms. The highest BCUT2D eigenvalue weighted by Crippen LogP contribution is 2.51. The lowest BCUT2D eigenvalue weighted by Gasteiger charge is -2.49. The van der Waals surface area contributed by atoms with Crippen LogP contribution < -0.4 is 0 Å². The summed E-state index contributed by atoms with van der Waals surface area (Å²) in [6, 6.07) is 0. The van der Waals surface area contributed by atoms with Crippen molar-refractivity contribution in [1.29, 1.82) is 0 Å². The van der Waals surface area contributed by atoms with Gasteiger partial charge in [-0.3, -0.25) is 0 Å². The van der Waals surface area contributed by atoms with Crippen molar-refractivity contribution < 1.29 is 10.2 Å². The Labute approximate surface area is 105 Å². The van der Waals surface area contributed by atoms with Crippen LogP contribution in [0.5, 0.6) is 0 Å². The van der Waals surface area contributed by atoms with Crippen LogP contribution in [0.15, 0.2) is 11.6 Å². The molecule has 2 N–H and O–H groups in total. The van der Waals surface area contributed by atoms with Crippen LogP contribution in [0.2, 0.25) is 0 Å². The van der Waals surface area contributed by atoms with Gasteiger partial charge in [-0.1, -0.05) is 25.5 Å². The summed E-state index contributed by atoms with van der Waals surface area (Å²) in [6.45, 7) is 8.23. The van der Waals surface area contributed by atoms with Gasteiger partial charge in [0.2, 0.25) is 0 Å². The Balaban J connectivity index is 2.34. The molecule has 0 aromatic heterocycles. The molecule has 0 heterocycles. The van der Waals surface area contributed by atoms with Gasteiger partial charge in [0, 0.05) is 11.3 Å². The molecule has 17 heavy (non-hydrogen) atoms. The molecule has 0 bridgehead atoms. The first-order valence-electron chi connectivity index (χ1n) is 6.88. The van der Waals surface area contributed by atoms with E-state index in [0.717, 1.165) is 25.7 Å². The summed E-state index contributed by atoms with van der Waals surface area (Å²) in [6.07, 6.45) is 6.03. The predicted octanol–water partition coefficient (Wildman–Crippen LogP) is 2.89. The van der Waals surface area contributed by atoms with E-state index in [1.165, 1.54) is 5.57 Å². The van der Waals surface area contributed by atoms with Crippen molar-refractivity contribution >= 4 is 0 Å². The Morgan fingerprint density at radius 1 is 1.29 bits per heavy atom. The van der Waals surface area contributed by atoms with Crippen LogP contribution in [-0.2, 0) is 0 Å². The zero-order chi connectivity index (χ0) is 12.8. The third kappa shape index (κ3) is 2.17. The Bertz CT molecular complexity index is 326. The van der Waals surface area contributed by atoms with Gasteiger partial charge in [0.25, 0.3) is 0 Å². The van der Waals surface area contributed by atoms with Gasteiger partial charge in [-0.15, -0.1) is 0 Å². The second-order valence-electron chi connectivity index (χ2n) is 6.83. The Morgan fingerprint density at radius 2 is 1.94 bits per heavy atom. The Hall–Kier alpha value is -0.340. The van der Waals surface area contributed by atoms with E-state index in [1.807, 2.05) is 13.8 Å². The molecule has 0 saturated heterocycles. The molecular weight excluding hydrogens is 212 g/mol. The van der Waals surface area contributed by atoms with Gasteiger partial charge in [0.15, 0.2) is 0 Å². The van der Waals surface area contributed by atoms with E-state index in [-0.39, 0.29) is 17.4 Å². The number of aliphatic hydroxyl groups excluding tert-OH is 1. The number of aliphatic hydroxyl groups is 2. The fourth-order valence-electron chi connectivity index (χ4n) is 3.62. The number of hydrogen-bond donors (Lipinski definition) is 2. The molecule has 0 aromatic carbocycles. The second-order valence-corrected chi connectivity index (χ2v) is 6.83. The first-order valence-corrected chi connectivity index (χ1v) is 6.88. The zero-order valence-electron chi connectivity index (χ0n) is 11.5. The van der Waals surface area contributed by atoms with Crippen molar-refractivity contribution in [2.45, 2.75) is 65.1 Å². The first-order chi connectivity index (χ1) is 7.75. The summed E-state index contributed by atoms with van der Waals surface area (Å²) in [5, 5.41) is 20.4. The van der Waals surface area contributed by atoms with Gasteiger partial charge in [-0.05, 0) is 45.4 Å². The van der Waals surface area contributed by atoms with E-state index in [4.69, 9.17) is 0 Å². The predicted molar refractivity (Wildman–Crippen MR) is 69.6 cm³/mol. The second kappa shape index (κ2) is 4.10. The topological polar surface area (TPSA) is 40.5 Å². The van der Waals surface area contributed by atoms with Crippen molar-refractivity contribution in [2.24, 2.45) is 17.3 Å². The van der Waals surface area contributed by atoms with E-state index in [0.29, 0.717) is 5.92 Å². The monoisotopic (exact) mass is 238 g/mol. The molecule has 0 aliphatic heterocycles. The van der Waals surface area contributed by atoms with Crippen LogP contribution in [0.3, 0.4) is 0 Å². The van der Waals surface area contributed by atoms with E-state index in [2.05, 4.69) is 19.9 Å². The summed E-state index contributed by atoms with van der Waals surface area (Å²) < 4.78 is 0. The third-order valence-corrected chi connectivity index (χ3v) is 5.06. The van der Waals surface area contributed by atoms with Gasteiger partial charge in [-0.25, -0.2) is 0 Å². The normalized spacial score (nSPS) is 42.9. The van der Waals surface area contributed by atoms with Gasteiger partial charge in [0.05, 0.1) is 11.7 Å². The lowest BCUT2D eigenvalue weighted by molar-refractivity contribution is -0.0157. The van der Waals surface area contributed by atoms with Crippen molar-refractivity contribution in [1.82, 2.24) is 0 Å². The van der Waals surface area contributed by atoms with Crippen molar-refractivity contribution in [3.8, 4) is 0 Å². The molecule has 3 unspecified atom stereocenters. The molecule has 0 aromatic rings. The van der Waals surface area contributed by atoms with Crippen LogP contribution >= 0.6 is 0 Å². The van der Waals surface area contributed by atoms with Crippen LogP contribution in [0.4, 0.5) is 0 Å². The molecule has 0 amide bonds. The third-order valence-electron chi connectivity index (χ3n) is 5.06. The minimum atomic E-state index is -0.642. The molecule has 2 aliphatic carbocycles. The van der Waals surface area contributed by atoms with Crippen LogP contribution in [0.25, 0.3) is 0 Å². The average Bonchev–Trinajstić information content (AvgIpc) is 2.22. The van der Waals surface area contributed by atoms with E-state index < -0.39 is 5.60 Å². The highest BCUT2D eigenvalue weighted by Gasteiger charge is 2.46. The van der Waals surface area contributed by atoms with Crippen molar-refractivity contribution in [3.05, 3.63) is 11.6 Å². The molecule has 4 atom stereocenters. The van der Waals surface area contributed by atoms with Crippen LogP contribution in [-0.4, -0.2) is 21.9 Å². The van der Waals surface area contributed by atoms with E-state index in [9.17, 15) is 10.2 Å². The standard InChI is InChI=1S/C15H26O2/c1-10-5-6-13(16)15(4)8-7-11(9-12(10)15)14(2,3)17/h9-11,13,16-17H,5-8H2,1-4H3/t10?,11?,13?,15-/m1/s1. The number of fused-ring (bicyclic) bond motifs is 1. The van der Waals surface area contributed by atoms with Crippen molar-refractivity contribution in [2.75, 3.05) is 0 Å². The molecule has 2 aliphatic rings. The lowest BCUT2D eigenvalue weighted by atomic mass is 9.58. The number of hydrogen-bond acceptors (Lipinski definition) is 2. The maximum absolute atomic E-state index is 10.3. The lowest BCUT2D eigenvalue weighted by Crippen LogP contribution is -2.45. The molecule has 0 radical (unpaired) electrons. The highest BCUT2D eigenvalue weighted by atomic mass is 16.3. The number of rotatable bonds is 1. The molecule has 1 fully saturated rings.